The molecule has 2 N–H and O–H groups in total. The first-order valence-electron chi connectivity index (χ1n) is 5.60. The van der Waals surface area contributed by atoms with E-state index in [4.69, 9.17) is 0 Å². The van der Waals surface area contributed by atoms with Gasteiger partial charge in [0.2, 0.25) is 0 Å². The van der Waals surface area contributed by atoms with E-state index >= 15 is 0 Å². The highest BCUT2D eigenvalue weighted by Gasteiger charge is 2.26. The zero-order valence-electron chi connectivity index (χ0n) is 9.71. The Balaban J connectivity index is 2.12. The van der Waals surface area contributed by atoms with Crippen molar-refractivity contribution in [1.29, 1.82) is 0 Å². The number of hydrogen-bond donors (Lipinski definition) is 2. The molecule has 2 aromatic rings. The summed E-state index contributed by atoms with van der Waals surface area (Å²) in [5.74, 6) is -0.259. The van der Waals surface area contributed by atoms with Crippen molar-refractivity contribution in [2.45, 2.75) is 0 Å². The summed E-state index contributed by atoms with van der Waals surface area (Å²) < 4.78 is 0. The van der Waals surface area contributed by atoms with Gasteiger partial charge in [-0.25, -0.2) is 0 Å². The van der Waals surface area contributed by atoms with E-state index in [0.717, 1.165) is 5.69 Å². The van der Waals surface area contributed by atoms with E-state index in [2.05, 4.69) is 10.3 Å². The number of carbonyl (C=O) groups excluding carboxylic acids is 1. The number of H-pyrrole nitrogens is 1. The van der Waals surface area contributed by atoms with Gasteiger partial charge in [-0.3, -0.25) is 14.9 Å². The van der Waals surface area contributed by atoms with Crippen LogP contribution in [-0.2, 0) is 4.79 Å². The predicted octanol–water partition coefficient (Wildman–Crippen LogP) is 2.42. The third-order valence-corrected chi connectivity index (χ3v) is 2.92. The van der Waals surface area contributed by atoms with E-state index in [-0.39, 0.29) is 11.6 Å². The van der Waals surface area contributed by atoms with Crippen molar-refractivity contribution in [3.63, 3.8) is 0 Å². The van der Waals surface area contributed by atoms with Gasteiger partial charge in [-0.15, -0.1) is 0 Å². The van der Waals surface area contributed by atoms with Crippen LogP contribution in [0.1, 0.15) is 11.3 Å². The maximum atomic E-state index is 11.9. The summed E-state index contributed by atoms with van der Waals surface area (Å²) in [5.41, 5.74) is 2.29. The number of rotatable bonds is 2. The van der Waals surface area contributed by atoms with Gasteiger partial charge < -0.3 is 10.3 Å². The van der Waals surface area contributed by atoms with Crippen molar-refractivity contribution in [3.05, 3.63) is 57.9 Å². The number of benzene rings is 1. The Morgan fingerprint density at radius 3 is 2.79 bits per heavy atom. The van der Waals surface area contributed by atoms with Gasteiger partial charge >= 0.3 is 0 Å². The molecule has 0 saturated heterocycles. The lowest BCUT2D eigenvalue weighted by Crippen LogP contribution is -2.03. The molecule has 19 heavy (non-hydrogen) atoms. The number of aromatic amines is 1. The summed E-state index contributed by atoms with van der Waals surface area (Å²) in [7, 11) is 0. The highest BCUT2D eigenvalue weighted by molar-refractivity contribution is 6.34. The molecule has 1 aliphatic rings. The minimum Gasteiger partial charge on any atom is -0.362 e. The zero-order chi connectivity index (χ0) is 13.4. The Hall–Kier alpha value is -2.89. The molecule has 0 radical (unpaired) electrons. The molecule has 0 saturated carbocycles. The molecule has 94 valence electrons. The number of nitro benzene ring substituents is 1. The van der Waals surface area contributed by atoms with Crippen molar-refractivity contribution in [2.75, 3.05) is 5.32 Å². The summed E-state index contributed by atoms with van der Waals surface area (Å²) in [6, 6.07) is 7.95. The van der Waals surface area contributed by atoms with Crippen LogP contribution in [0.15, 0.2) is 36.5 Å². The third kappa shape index (κ3) is 1.89. The number of amides is 1. The second kappa shape index (κ2) is 4.09. The van der Waals surface area contributed by atoms with Crippen LogP contribution in [0.3, 0.4) is 0 Å². The maximum Gasteiger partial charge on any atom is 0.270 e. The molecule has 1 aromatic heterocycles. The number of nitrogens with zero attached hydrogens (tertiary/aromatic N) is 1. The van der Waals surface area contributed by atoms with Gasteiger partial charge in [0.25, 0.3) is 11.6 Å². The normalized spacial score (nSPS) is 15.4. The fourth-order valence-corrected chi connectivity index (χ4v) is 2.02. The Morgan fingerprint density at radius 1 is 1.26 bits per heavy atom. The highest BCUT2D eigenvalue weighted by Crippen LogP contribution is 2.35. The SMILES string of the molecule is O=C1Nc2ccc([N+](=O)[O-])cc2/C1=C\c1ccc[nH]1. The number of aromatic nitrogens is 1. The van der Waals surface area contributed by atoms with Crippen LogP contribution in [-0.4, -0.2) is 15.8 Å². The lowest BCUT2D eigenvalue weighted by molar-refractivity contribution is -0.384. The first kappa shape index (κ1) is 11.2. The van der Waals surface area contributed by atoms with Gasteiger partial charge in [-0.2, -0.15) is 0 Å². The fraction of sp³-hybridized carbons (Fsp3) is 0. The largest absolute Gasteiger partial charge is 0.362 e. The van der Waals surface area contributed by atoms with Gasteiger partial charge in [0.15, 0.2) is 0 Å². The maximum absolute atomic E-state index is 11.9. The first-order valence-corrected chi connectivity index (χ1v) is 5.60. The fourth-order valence-electron chi connectivity index (χ4n) is 2.02. The molecule has 0 bridgehead atoms. The number of carbonyl (C=O) groups is 1. The molecule has 1 aromatic carbocycles. The molecule has 0 atom stereocenters. The minimum atomic E-state index is -0.477. The Kier molecular flexibility index (Phi) is 2.42. The van der Waals surface area contributed by atoms with Crippen LogP contribution in [0, 0.1) is 10.1 Å². The van der Waals surface area contributed by atoms with Crippen LogP contribution < -0.4 is 5.32 Å². The molecule has 0 spiro atoms. The van der Waals surface area contributed by atoms with Crippen molar-refractivity contribution < 1.29 is 9.72 Å². The van der Waals surface area contributed by atoms with Crippen molar-refractivity contribution >= 4 is 28.9 Å². The number of nitrogens with one attached hydrogen (secondary N) is 2. The smallest absolute Gasteiger partial charge is 0.270 e. The van der Waals surface area contributed by atoms with Crippen molar-refractivity contribution in [2.24, 2.45) is 0 Å². The number of nitro groups is 1. The summed E-state index contributed by atoms with van der Waals surface area (Å²) in [6.45, 7) is 0. The van der Waals surface area contributed by atoms with Crippen molar-refractivity contribution in [3.8, 4) is 0 Å². The van der Waals surface area contributed by atoms with Gasteiger partial charge in [0.1, 0.15) is 0 Å². The van der Waals surface area contributed by atoms with E-state index in [1.807, 2.05) is 12.1 Å². The highest BCUT2D eigenvalue weighted by atomic mass is 16.6. The van der Waals surface area contributed by atoms with Gasteiger partial charge in [0, 0.05) is 35.3 Å². The van der Waals surface area contributed by atoms with E-state index in [9.17, 15) is 14.9 Å². The van der Waals surface area contributed by atoms with E-state index in [0.29, 0.717) is 16.8 Å². The quantitative estimate of drug-likeness (QED) is 0.490. The average Bonchev–Trinajstić information content (AvgIpc) is 2.98. The number of hydrogen-bond acceptors (Lipinski definition) is 3. The lowest BCUT2D eigenvalue weighted by Gasteiger charge is -1.98. The van der Waals surface area contributed by atoms with E-state index in [1.165, 1.54) is 12.1 Å². The molecule has 6 heteroatoms. The molecular formula is C13H9N3O3. The first-order chi connectivity index (χ1) is 9.15. The molecule has 2 heterocycles. The van der Waals surface area contributed by atoms with Gasteiger partial charge in [-0.05, 0) is 24.3 Å². The van der Waals surface area contributed by atoms with Crippen LogP contribution in [0.25, 0.3) is 11.6 Å². The summed E-state index contributed by atoms with van der Waals surface area (Å²) in [6.07, 6.45) is 3.42. The average molecular weight is 255 g/mol. The summed E-state index contributed by atoms with van der Waals surface area (Å²) in [4.78, 5) is 25.1. The Bertz CT molecular complexity index is 702. The molecule has 6 nitrogen and oxygen atoms in total. The van der Waals surface area contributed by atoms with Crippen LogP contribution in [0.4, 0.5) is 11.4 Å². The zero-order valence-corrected chi connectivity index (χ0v) is 9.71. The van der Waals surface area contributed by atoms with E-state index < -0.39 is 4.92 Å². The predicted molar refractivity (Wildman–Crippen MR) is 70.4 cm³/mol. The van der Waals surface area contributed by atoms with Gasteiger partial charge in [-0.1, -0.05) is 0 Å². The lowest BCUT2D eigenvalue weighted by atomic mass is 10.1. The molecule has 1 aliphatic heterocycles. The topological polar surface area (TPSA) is 88.0 Å². The van der Waals surface area contributed by atoms with Crippen LogP contribution in [0.2, 0.25) is 0 Å². The molecule has 1 amide bonds. The van der Waals surface area contributed by atoms with Crippen molar-refractivity contribution in [1.82, 2.24) is 4.98 Å². The van der Waals surface area contributed by atoms with Crippen LogP contribution in [0.5, 0.6) is 0 Å². The van der Waals surface area contributed by atoms with Crippen LogP contribution >= 0.6 is 0 Å². The summed E-state index contributed by atoms with van der Waals surface area (Å²) in [5, 5.41) is 13.5. The number of fused-ring (bicyclic) bond motifs is 1. The second-order valence-electron chi connectivity index (χ2n) is 4.12. The molecular weight excluding hydrogens is 246 g/mol. The Morgan fingerprint density at radius 2 is 2.11 bits per heavy atom. The molecule has 0 unspecified atom stereocenters. The number of anilines is 1. The third-order valence-electron chi connectivity index (χ3n) is 2.92. The summed E-state index contributed by atoms with van der Waals surface area (Å²) >= 11 is 0. The standard InChI is InChI=1S/C13H9N3O3/c17-13-11(6-8-2-1-5-14-8)10-7-9(16(18)19)3-4-12(10)15-13/h1-7,14H,(H,15,17)/b11-6+. The molecule has 0 aliphatic carbocycles. The monoisotopic (exact) mass is 255 g/mol. The Labute approximate surface area is 107 Å². The van der Waals surface area contributed by atoms with E-state index in [1.54, 1.807) is 18.3 Å². The van der Waals surface area contributed by atoms with Gasteiger partial charge in [0.05, 0.1) is 10.5 Å². The second-order valence-corrected chi connectivity index (χ2v) is 4.12. The molecule has 0 fully saturated rings. The number of non-ortho nitro benzene ring substituents is 1. The minimum absolute atomic E-state index is 0.0346. The molecule has 3 rings (SSSR count).